The second-order valence-corrected chi connectivity index (χ2v) is 7.18. The van der Waals surface area contributed by atoms with Crippen LogP contribution < -0.4 is 19.5 Å². The van der Waals surface area contributed by atoms with E-state index < -0.39 is 0 Å². The molecule has 1 atom stereocenters. The minimum atomic E-state index is -0.163. The van der Waals surface area contributed by atoms with Gasteiger partial charge in [-0.1, -0.05) is 18.2 Å². The van der Waals surface area contributed by atoms with Crippen molar-refractivity contribution in [3.05, 3.63) is 71.4 Å². The first-order valence-corrected chi connectivity index (χ1v) is 9.57. The molecule has 1 aromatic heterocycles. The molecule has 2 aromatic carbocycles. The first-order valence-electron chi connectivity index (χ1n) is 9.57. The van der Waals surface area contributed by atoms with E-state index in [1.54, 1.807) is 24.4 Å². The van der Waals surface area contributed by atoms with Crippen molar-refractivity contribution in [2.75, 3.05) is 13.3 Å². The van der Waals surface area contributed by atoms with Crippen molar-refractivity contribution in [1.29, 1.82) is 0 Å². The van der Waals surface area contributed by atoms with E-state index in [1.807, 2.05) is 31.2 Å². The lowest BCUT2D eigenvalue weighted by atomic mass is 10.0. The van der Waals surface area contributed by atoms with Gasteiger partial charge in [-0.3, -0.25) is 9.78 Å². The summed E-state index contributed by atoms with van der Waals surface area (Å²) < 4.78 is 16.8. The third-order valence-corrected chi connectivity index (χ3v) is 5.22. The Kier molecular flexibility index (Phi) is 4.31. The molecule has 0 saturated heterocycles. The number of hydrogen-bond donors (Lipinski definition) is 1. The molecule has 2 aliphatic rings. The molecule has 29 heavy (non-hydrogen) atoms. The van der Waals surface area contributed by atoms with E-state index in [0.29, 0.717) is 23.6 Å². The van der Waals surface area contributed by atoms with E-state index in [2.05, 4.69) is 16.4 Å². The number of rotatable bonds is 4. The second kappa shape index (κ2) is 7.13. The molecule has 3 aromatic rings. The number of aryl methyl sites for hydroxylation is 1. The summed E-state index contributed by atoms with van der Waals surface area (Å²) in [6.45, 7) is 2.65. The smallest absolute Gasteiger partial charge is 0.251 e. The number of carbonyl (C=O) groups excluding carboxylic acids is 1. The van der Waals surface area contributed by atoms with Gasteiger partial charge in [0.2, 0.25) is 6.79 Å². The fourth-order valence-electron chi connectivity index (χ4n) is 3.75. The van der Waals surface area contributed by atoms with Gasteiger partial charge in [0.15, 0.2) is 11.5 Å². The van der Waals surface area contributed by atoms with E-state index in [-0.39, 0.29) is 18.8 Å². The molecule has 3 heterocycles. The highest BCUT2D eigenvalue weighted by molar-refractivity contribution is 5.95. The summed E-state index contributed by atoms with van der Waals surface area (Å²) in [5.74, 6) is 1.95. The SMILES string of the molecule is Cc1cccnc1-c1cccc2c1OC(CNC(=O)c1ccc3c(c1)OCO3)C2. The maximum absolute atomic E-state index is 12.5. The van der Waals surface area contributed by atoms with Crippen LogP contribution in [0.3, 0.4) is 0 Å². The molecule has 1 N–H and O–H groups in total. The molecule has 0 aliphatic carbocycles. The molecule has 6 heteroatoms. The van der Waals surface area contributed by atoms with Gasteiger partial charge >= 0.3 is 0 Å². The van der Waals surface area contributed by atoms with Crippen molar-refractivity contribution < 1.29 is 19.0 Å². The molecule has 0 radical (unpaired) electrons. The quantitative estimate of drug-likeness (QED) is 0.741. The predicted molar refractivity (Wildman–Crippen MR) is 107 cm³/mol. The number of aromatic nitrogens is 1. The van der Waals surface area contributed by atoms with Crippen LogP contribution in [0.5, 0.6) is 17.2 Å². The first kappa shape index (κ1) is 17.6. The third kappa shape index (κ3) is 3.27. The molecule has 0 saturated carbocycles. The Hall–Kier alpha value is -3.54. The zero-order valence-electron chi connectivity index (χ0n) is 16.0. The van der Waals surface area contributed by atoms with E-state index in [1.165, 1.54) is 0 Å². The molecular formula is C23H20N2O4. The van der Waals surface area contributed by atoms with Crippen LogP contribution in [0.2, 0.25) is 0 Å². The number of pyridine rings is 1. The number of para-hydroxylation sites is 1. The van der Waals surface area contributed by atoms with Crippen molar-refractivity contribution in [2.45, 2.75) is 19.4 Å². The molecule has 6 nitrogen and oxygen atoms in total. The monoisotopic (exact) mass is 388 g/mol. The number of carbonyl (C=O) groups is 1. The Morgan fingerprint density at radius 2 is 2.03 bits per heavy atom. The van der Waals surface area contributed by atoms with Crippen LogP contribution in [-0.2, 0) is 6.42 Å². The number of nitrogens with zero attached hydrogens (tertiary/aromatic N) is 1. The lowest BCUT2D eigenvalue weighted by Gasteiger charge is -2.14. The second-order valence-electron chi connectivity index (χ2n) is 7.18. The topological polar surface area (TPSA) is 69.7 Å². The van der Waals surface area contributed by atoms with Gasteiger partial charge in [-0.25, -0.2) is 0 Å². The van der Waals surface area contributed by atoms with Crippen molar-refractivity contribution in [1.82, 2.24) is 10.3 Å². The molecule has 1 amide bonds. The van der Waals surface area contributed by atoms with Crippen molar-refractivity contribution in [2.24, 2.45) is 0 Å². The summed E-state index contributed by atoms with van der Waals surface area (Å²) in [6.07, 6.45) is 2.42. The largest absolute Gasteiger partial charge is 0.487 e. The fourth-order valence-corrected chi connectivity index (χ4v) is 3.75. The standard InChI is InChI=1S/C23H20N2O4/c1-14-4-3-9-24-21(14)18-6-2-5-15-10-17(29-22(15)18)12-25-23(26)16-7-8-19-20(11-16)28-13-27-19/h2-9,11,17H,10,12-13H2,1H3,(H,25,26). The van der Waals surface area contributed by atoms with Gasteiger partial charge in [-0.15, -0.1) is 0 Å². The van der Waals surface area contributed by atoms with Gasteiger partial charge in [0.05, 0.1) is 12.2 Å². The number of ether oxygens (including phenoxy) is 3. The van der Waals surface area contributed by atoms with Crippen molar-refractivity contribution in [3.8, 4) is 28.5 Å². The van der Waals surface area contributed by atoms with Crippen LogP contribution in [-0.4, -0.2) is 30.3 Å². The Balaban J connectivity index is 1.28. The third-order valence-electron chi connectivity index (χ3n) is 5.22. The minimum Gasteiger partial charge on any atom is -0.487 e. The highest BCUT2D eigenvalue weighted by atomic mass is 16.7. The highest BCUT2D eigenvalue weighted by Crippen LogP contribution is 2.39. The van der Waals surface area contributed by atoms with Crippen LogP contribution >= 0.6 is 0 Å². The lowest BCUT2D eigenvalue weighted by molar-refractivity contribution is 0.0933. The van der Waals surface area contributed by atoms with E-state index in [9.17, 15) is 4.79 Å². The summed E-state index contributed by atoms with van der Waals surface area (Å²) in [5.41, 5.74) is 4.69. The predicted octanol–water partition coefficient (Wildman–Crippen LogP) is 3.52. The van der Waals surface area contributed by atoms with E-state index >= 15 is 0 Å². The van der Waals surface area contributed by atoms with Crippen LogP contribution in [0, 0.1) is 6.92 Å². The summed E-state index contributed by atoms with van der Waals surface area (Å²) in [6, 6.07) is 15.3. The normalized spacial score (nSPS) is 16.2. The van der Waals surface area contributed by atoms with Gasteiger partial charge < -0.3 is 19.5 Å². The van der Waals surface area contributed by atoms with Crippen molar-refractivity contribution in [3.63, 3.8) is 0 Å². The molecule has 1 unspecified atom stereocenters. The summed E-state index contributed by atoms with van der Waals surface area (Å²) >= 11 is 0. The van der Waals surface area contributed by atoms with Crippen molar-refractivity contribution >= 4 is 5.91 Å². The van der Waals surface area contributed by atoms with Gasteiger partial charge in [0.1, 0.15) is 11.9 Å². The molecule has 5 rings (SSSR count). The van der Waals surface area contributed by atoms with Crippen LogP contribution in [0.15, 0.2) is 54.7 Å². The highest BCUT2D eigenvalue weighted by Gasteiger charge is 2.27. The first-order chi connectivity index (χ1) is 14.2. The van der Waals surface area contributed by atoms with Gasteiger partial charge in [0, 0.05) is 23.7 Å². The zero-order chi connectivity index (χ0) is 19.8. The minimum absolute atomic E-state index is 0.117. The summed E-state index contributed by atoms with van der Waals surface area (Å²) in [7, 11) is 0. The number of benzene rings is 2. The Morgan fingerprint density at radius 3 is 2.93 bits per heavy atom. The average Bonchev–Trinajstić information content (AvgIpc) is 3.38. The van der Waals surface area contributed by atoms with E-state index in [0.717, 1.165) is 34.6 Å². The van der Waals surface area contributed by atoms with E-state index in [4.69, 9.17) is 14.2 Å². The van der Waals surface area contributed by atoms with Crippen LogP contribution in [0.4, 0.5) is 0 Å². The molecule has 0 fully saturated rings. The summed E-state index contributed by atoms with van der Waals surface area (Å²) in [5, 5.41) is 2.96. The van der Waals surface area contributed by atoms with Gasteiger partial charge in [-0.05, 0) is 48.4 Å². The number of hydrogen-bond acceptors (Lipinski definition) is 5. The molecular weight excluding hydrogens is 368 g/mol. The number of amides is 1. The Morgan fingerprint density at radius 1 is 1.14 bits per heavy atom. The molecule has 0 spiro atoms. The maximum Gasteiger partial charge on any atom is 0.251 e. The average molecular weight is 388 g/mol. The number of nitrogens with one attached hydrogen (secondary N) is 1. The molecule has 2 aliphatic heterocycles. The van der Waals surface area contributed by atoms with Gasteiger partial charge in [-0.2, -0.15) is 0 Å². The number of fused-ring (bicyclic) bond motifs is 2. The summed E-state index contributed by atoms with van der Waals surface area (Å²) in [4.78, 5) is 17.1. The molecule has 0 bridgehead atoms. The van der Waals surface area contributed by atoms with Crippen LogP contribution in [0.1, 0.15) is 21.5 Å². The zero-order valence-corrected chi connectivity index (χ0v) is 16.0. The molecule has 146 valence electrons. The van der Waals surface area contributed by atoms with Crippen LogP contribution in [0.25, 0.3) is 11.3 Å². The van der Waals surface area contributed by atoms with Gasteiger partial charge in [0.25, 0.3) is 5.91 Å². The maximum atomic E-state index is 12.5. The fraction of sp³-hybridized carbons (Fsp3) is 0.217. The Bertz CT molecular complexity index is 1100. The Labute approximate surface area is 168 Å². The lowest BCUT2D eigenvalue weighted by Crippen LogP contribution is -2.34.